The summed E-state index contributed by atoms with van der Waals surface area (Å²) < 4.78 is 10.5. The first-order valence-electron chi connectivity index (χ1n) is 7.46. The molecule has 0 unspecified atom stereocenters. The van der Waals surface area contributed by atoms with Gasteiger partial charge >= 0.3 is 5.97 Å². The second-order valence-corrected chi connectivity index (χ2v) is 5.81. The highest BCUT2D eigenvalue weighted by atomic mass is 16.5. The van der Waals surface area contributed by atoms with Gasteiger partial charge < -0.3 is 9.47 Å². The van der Waals surface area contributed by atoms with Gasteiger partial charge in [-0.05, 0) is 30.7 Å². The van der Waals surface area contributed by atoms with Crippen molar-refractivity contribution in [2.45, 2.75) is 13.3 Å². The average Bonchev–Trinajstić information content (AvgIpc) is 2.85. The van der Waals surface area contributed by atoms with E-state index in [4.69, 9.17) is 9.47 Å². The Kier molecular flexibility index (Phi) is 4.00. The number of esters is 1. The van der Waals surface area contributed by atoms with E-state index in [-0.39, 0.29) is 17.2 Å². The minimum atomic E-state index is -0.423. The van der Waals surface area contributed by atoms with Crippen molar-refractivity contribution in [2.75, 3.05) is 24.7 Å². The molecule has 0 aromatic heterocycles. The van der Waals surface area contributed by atoms with Crippen LogP contribution in [0.25, 0.3) is 0 Å². The SMILES string of the molecule is CCC1(COC(=O)c2ccc(N3C(=O)C=CC3=O)cc2)COC1. The molecule has 1 fully saturated rings. The van der Waals surface area contributed by atoms with Gasteiger partial charge in [-0.15, -0.1) is 0 Å². The quantitative estimate of drug-likeness (QED) is 0.611. The monoisotopic (exact) mass is 315 g/mol. The van der Waals surface area contributed by atoms with E-state index in [0.29, 0.717) is 31.1 Å². The Morgan fingerprint density at radius 3 is 2.26 bits per heavy atom. The molecule has 0 atom stereocenters. The lowest BCUT2D eigenvalue weighted by atomic mass is 9.84. The van der Waals surface area contributed by atoms with Gasteiger partial charge in [0, 0.05) is 12.2 Å². The van der Waals surface area contributed by atoms with E-state index in [9.17, 15) is 14.4 Å². The fourth-order valence-corrected chi connectivity index (χ4v) is 2.48. The third-order valence-corrected chi connectivity index (χ3v) is 4.25. The van der Waals surface area contributed by atoms with Crippen molar-refractivity contribution in [1.82, 2.24) is 0 Å². The predicted molar refractivity (Wildman–Crippen MR) is 81.9 cm³/mol. The van der Waals surface area contributed by atoms with E-state index in [1.165, 1.54) is 12.2 Å². The Balaban J connectivity index is 1.64. The zero-order chi connectivity index (χ0) is 16.4. The van der Waals surface area contributed by atoms with Crippen LogP contribution < -0.4 is 4.90 Å². The summed E-state index contributed by atoms with van der Waals surface area (Å²) in [5.74, 6) is -1.20. The molecule has 2 amide bonds. The number of carbonyl (C=O) groups is 3. The van der Waals surface area contributed by atoms with Gasteiger partial charge in [-0.3, -0.25) is 9.59 Å². The lowest BCUT2D eigenvalue weighted by Crippen LogP contribution is -2.46. The van der Waals surface area contributed by atoms with Gasteiger partial charge in [0.2, 0.25) is 0 Å². The van der Waals surface area contributed by atoms with Crippen LogP contribution >= 0.6 is 0 Å². The zero-order valence-corrected chi connectivity index (χ0v) is 12.8. The number of amides is 2. The zero-order valence-electron chi connectivity index (χ0n) is 12.8. The van der Waals surface area contributed by atoms with Gasteiger partial charge in [-0.1, -0.05) is 6.92 Å². The molecule has 1 saturated heterocycles. The molecule has 6 heteroatoms. The van der Waals surface area contributed by atoms with Crippen molar-refractivity contribution in [1.29, 1.82) is 0 Å². The summed E-state index contributed by atoms with van der Waals surface area (Å²) in [5, 5.41) is 0. The van der Waals surface area contributed by atoms with E-state index in [1.54, 1.807) is 24.3 Å². The standard InChI is InChI=1S/C17H17NO5/c1-2-17(9-22-10-17)11-23-16(21)12-3-5-13(6-4-12)18-14(19)7-8-15(18)20/h3-8H,2,9-11H2,1H3. The molecule has 0 spiro atoms. The summed E-state index contributed by atoms with van der Waals surface area (Å²) in [6.45, 7) is 3.60. The number of hydrogen-bond acceptors (Lipinski definition) is 5. The molecule has 0 N–H and O–H groups in total. The Labute approximate surface area is 133 Å². The van der Waals surface area contributed by atoms with Crippen molar-refractivity contribution in [3.05, 3.63) is 42.0 Å². The largest absolute Gasteiger partial charge is 0.461 e. The molecular weight excluding hydrogens is 298 g/mol. The summed E-state index contributed by atoms with van der Waals surface area (Å²) in [4.78, 5) is 36.3. The van der Waals surface area contributed by atoms with Crippen LogP contribution in [0.1, 0.15) is 23.7 Å². The Morgan fingerprint density at radius 1 is 1.17 bits per heavy atom. The molecule has 2 aliphatic rings. The van der Waals surface area contributed by atoms with Crippen molar-refractivity contribution in [3.8, 4) is 0 Å². The minimum Gasteiger partial charge on any atom is -0.461 e. The second-order valence-electron chi connectivity index (χ2n) is 5.81. The fourth-order valence-electron chi connectivity index (χ4n) is 2.48. The van der Waals surface area contributed by atoms with E-state index >= 15 is 0 Å². The molecule has 0 aliphatic carbocycles. The normalized spacial score (nSPS) is 18.9. The van der Waals surface area contributed by atoms with Crippen LogP contribution in [-0.2, 0) is 19.1 Å². The first-order chi connectivity index (χ1) is 11.0. The molecule has 0 bridgehead atoms. The lowest BCUT2D eigenvalue weighted by Gasteiger charge is -2.39. The van der Waals surface area contributed by atoms with Gasteiger partial charge in [0.15, 0.2) is 0 Å². The maximum Gasteiger partial charge on any atom is 0.338 e. The van der Waals surface area contributed by atoms with Gasteiger partial charge in [0.05, 0.1) is 29.9 Å². The maximum absolute atomic E-state index is 12.1. The van der Waals surface area contributed by atoms with Crippen LogP contribution in [0.15, 0.2) is 36.4 Å². The molecule has 120 valence electrons. The Hall–Kier alpha value is -2.47. The average molecular weight is 315 g/mol. The van der Waals surface area contributed by atoms with Crippen LogP contribution in [-0.4, -0.2) is 37.6 Å². The fraction of sp³-hybridized carbons (Fsp3) is 0.353. The highest BCUT2D eigenvalue weighted by Gasteiger charge is 2.38. The molecule has 0 saturated carbocycles. The number of imide groups is 1. The van der Waals surface area contributed by atoms with Crippen LogP contribution in [0.2, 0.25) is 0 Å². The number of ether oxygens (including phenoxy) is 2. The lowest BCUT2D eigenvalue weighted by molar-refractivity contribution is -0.140. The maximum atomic E-state index is 12.1. The summed E-state index contributed by atoms with van der Waals surface area (Å²) >= 11 is 0. The second kappa shape index (κ2) is 5.96. The summed E-state index contributed by atoms with van der Waals surface area (Å²) in [5.41, 5.74) is 0.751. The predicted octanol–water partition coefficient (Wildman–Crippen LogP) is 1.70. The van der Waals surface area contributed by atoms with E-state index in [1.807, 2.05) is 6.92 Å². The number of nitrogens with zero attached hydrogens (tertiary/aromatic N) is 1. The summed E-state index contributed by atoms with van der Waals surface area (Å²) in [6, 6.07) is 6.21. The van der Waals surface area contributed by atoms with Gasteiger partial charge in [0.1, 0.15) is 6.61 Å². The smallest absolute Gasteiger partial charge is 0.338 e. The number of hydrogen-bond donors (Lipinski definition) is 0. The number of carbonyl (C=O) groups excluding carboxylic acids is 3. The van der Waals surface area contributed by atoms with E-state index in [0.717, 1.165) is 11.3 Å². The molecule has 6 nitrogen and oxygen atoms in total. The number of anilines is 1. The van der Waals surface area contributed by atoms with Crippen molar-refractivity contribution in [3.63, 3.8) is 0 Å². The number of rotatable bonds is 5. The van der Waals surface area contributed by atoms with Gasteiger partial charge in [-0.2, -0.15) is 0 Å². The highest BCUT2D eigenvalue weighted by molar-refractivity contribution is 6.28. The van der Waals surface area contributed by atoms with Crippen LogP contribution in [0.3, 0.4) is 0 Å². The molecule has 23 heavy (non-hydrogen) atoms. The first-order valence-corrected chi connectivity index (χ1v) is 7.46. The summed E-state index contributed by atoms with van der Waals surface area (Å²) in [7, 11) is 0. The van der Waals surface area contributed by atoms with Crippen LogP contribution in [0, 0.1) is 5.41 Å². The molecule has 0 radical (unpaired) electrons. The first kappa shape index (κ1) is 15.4. The van der Waals surface area contributed by atoms with Crippen LogP contribution in [0.4, 0.5) is 5.69 Å². The summed E-state index contributed by atoms with van der Waals surface area (Å²) in [6.07, 6.45) is 3.33. The van der Waals surface area contributed by atoms with Crippen molar-refractivity contribution in [2.24, 2.45) is 5.41 Å². The molecule has 2 heterocycles. The third-order valence-electron chi connectivity index (χ3n) is 4.25. The molecule has 2 aliphatic heterocycles. The van der Waals surface area contributed by atoms with E-state index < -0.39 is 5.97 Å². The minimum absolute atomic E-state index is 0.0599. The van der Waals surface area contributed by atoms with Crippen molar-refractivity contribution < 1.29 is 23.9 Å². The van der Waals surface area contributed by atoms with E-state index in [2.05, 4.69) is 0 Å². The molecule has 3 rings (SSSR count). The number of benzene rings is 1. The molecular formula is C17H17NO5. The van der Waals surface area contributed by atoms with Gasteiger partial charge in [0.25, 0.3) is 11.8 Å². The van der Waals surface area contributed by atoms with Gasteiger partial charge in [-0.25, -0.2) is 9.69 Å². The molecule has 1 aromatic carbocycles. The van der Waals surface area contributed by atoms with Crippen LogP contribution in [0.5, 0.6) is 0 Å². The Morgan fingerprint density at radius 2 is 1.78 bits per heavy atom. The Bertz CT molecular complexity index is 649. The topological polar surface area (TPSA) is 72.9 Å². The highest BCUT2D eigenvalue weighted by Crippen LogP contribution is 2.31. The third kappa shape index (κ3) is 2.90. The molecule has 1 aromatic rings. The van der Waals surface area contributed by atoms with Crippen molar-refractivity contribution >= 4 is 23.5 Å².